The molecule has 0 aliphatic carbocycles. The summed E-state index contributed by atoms with van der Waals surface area (Å²) in [6, 6.07) is 12.7. The van der Waals surface area contributed by atoms with E-state index in [9.17, 15) is 19.5 Å². The first-order chi connectivity index (χ1) is 13.3. The number of nitrogens with one attached hydrogen (secondary N) is 1. The lowest BCUT2D eigenvalue weighted by Crippen LogP contribution is -2.67. The van der Waals surface area contributed by atoms with E-state index in [1.54, 1.807) is 48.5 Å². The number of hydrogen-bond donors (Lipinski definition) is 2. The number of anilines is 2. The Morgan fingerprint density at radius 1 is 1.18 bits per heavy atom. The highest BCUT2D eigenvalue weighted by atomic mass is 16.5. The molecular formula is C21H22N2O5. The zero-order chi connectivity index (χ0) is 20.4. The van der Waals surface area contributed by atoms with Crippen molar-refractivity contribution in [3.63, 3.8) is 0 Å². The lowest BCUT2D eigenvalue weighted by molar-refractivity contribution is -0.133. The van der Waals surface area contributed by atoms with Gasteiger partial charge in [-0.25, -0.2) is 0 Å². The van der Waals surface area contributed by atoms with Gasteiger partial charge in [0.2, 0.25) is 11.8 Å². The number of ether oxygens (including phenoxy) is 1. The Hall–Kier alpha value is -3.19. The molecule has 0 spiro atoms. The van der Waals surface area contributed by atoms with Crippen molar-refractivity contribution in [1.82, 2.24) is 0 Å². The third-order valence-electron chi connectivity index (χ3n) is 4.76. The quantitative estimate of drug-likeness (QED) is 0.590. The molecule has 2 aromatic rings. The Morgan fingerprint density at radius 2 is 1.86 bits per heavy atom. The van der Waals surface area contributed by atoms with E-state index in [0.29, 0.717) is 22.7 Å². The Morgan fingerprint density at radius 3 is 2.43 bits per heavy atom. The Bertz CT molecular complexity index is 910. The van der Waals surface area contributed by atoms with Crippen LogP contribution in [0, 0.1) is 5.92 Å². The first-order valence-electron chi connectivity index (χ1n) is 8.91. The number of rotatable bonds is 6. The fourth-order valence-electron chi connectivity index (χ4n) is 3.46. The van der Waals surface area contributed by atoms with Gasteiger partial charge in [0.15, 0.2) is 5.78 Å². The van der Waals surface area contributed by atoms with Crippen LogP contribution in [0.1, 0.15) is 24.2 Å². The molecule has 7 heteroatoms. The molecule has 2 aromatic carbocycles. The zero-order valence-corrected chi connectivity index (χ0v) is 15.9. The number of amides is 2. The van der Waals surface area contributed by atoms with Gasteiger partial charge < -0.3 is 20.1 Å². The van der Waals surface area contributed by atoms with E-state index in [4.69, 9.17) is 4.74 Å². The largest absolute Gasteiger partial charge is 0.495 e. The van der Waals surface area contributed by atoms with Crippen LogP contribution >= 0.6 is 0 Å². The van der Waals surface area contributed by atoms with Gasteiger partial charge in [0.1, 0.15) is 11.8 Å². The second kappa shape index (κ2) is 7.82. The van der Waals surface area contributed by atoms with Crippen molar-refractivity contribution in [2.75, 3.05) is 17.3 Å². The number of carbonyl (C=O) groups is 3. The summed E-state index contributed by atoms with van der Waals surface area (Å²) in [6.07, 6.45) is -0.963. The van der Waals surface area contributed by atoms with Crippen molar-refractivity contribution in [3.05, 3.63) is 54.1 Å². The molecule has 1 aliphatic heterocycles. The Kier molecular flexibility index (Phi) is 5.46. The standard InChI is InChI=1S/C21H22N2O5/c1-12(24)18-19(20(26)14-7-5-4-6-8-14)23(21(18)27)15-9-10-17(28-3)16(11-15)22-13(2)25/h4-12,18-19,24H,1-3H3,(H,22,25)/t12-,18-,19+/m1/s1. The van der Waals surface area contributed by atoms with Crippen molar-refractivity contribution < 1.29 is 24.2 Å². The molecular weight excluding hydrogens is 360 g/mol. The van der Waals surface area contributed by atoms with Crippen molar-refractivity contribution in [3.8, 4) is 5.75 Å². The maximum atomic E-state index is 13.1. The lowest BCUT2D eigenvalue weighted by atomic mass is 9.78. The second-order valence-electron chi connectivity index (χ2n) is 6.72. The number of methoxy groups -OCH3 is 1. The minimum absolute atomic E-state index is 0.247. The number of aliphatic hydroxyl groups excluding tert-OH is 1. The second-order valence-corrected chi connectivity index (χ2v) is 6.72. The van der Waals surface area contributed by atoms with E-state index >= 15 is 0 Å². The smallest absolute Gasteiger partial charge is 0.236 e. The maximum absolute atomic E-state index is 13.1. The lowest BCUT2D eigenvalue weighted by Gasteiger charge is -2.47. The van der Waals surface area contributed by atoms with E-state index in [1.165, 1.54) is 25.9 Å². The van der Waals surface area contributed by atoms with Crippen LogP contribution < -0.4 is 15.0 Å². The van der Waals surface area contributed by atoms with Gasteiger partial charge in [-0.2, -0.15) is 0 Å². The normalized spacial score (nSPS) is 19.6. The zero-order valence-electron chi connectivity index (χ0n) is 15.9. The molecule has 0 saturated carbocycles. The van der Waals surface area contributed by atoms with Crippen LogP contribution in [-0.2, 0) is 9.59 Å². The van der Waals surface area contributed by atoms with Crippen LogP contribution in [0.25, 0.3) is 0 Å². The van der Waals surface area contributed by atoms with Crippen molar-refractivity contribution in [1.29, 1.82) is 0 Å². The number of β-lactam (4-membered cyclic amide) rings is 1. The van der Waals surface area contributed by atoms with E-state index < -0.39 is 18.1 Å². The highest BCUT2D eigenvalue weighted by molar-refractivity contribution is 6.17. The fourth-order valence-corrected chi connectivity index (χ4v) is 3.46. The number of carbonyl (C=O) groups excluding carboxylic acids is 3. The van der Waals surface area contributed by atoms with Gasteiger partial charge in [-0.15, -0.1) is 0 Å². The number of benzene rings is 2. The minimum Gasteiger partial charge on any atom is -0.495 e. The van der Waals surface area contributed by atoms with Gasteiger partial charge in [0, 0.05) is 18.2 Å². The van der Waals surface area contributed by atoms with Crippen LogP contribution in [0.4, 0.5) is 11.4 Å². The first-order valence-corrected chi connectivity index (χ1v) is 8.91. The van der Waals surface area contributed by atoms with Gasteiger partial charge in [0.25, 0.3) is 0 Å². The molecule has 1 heterocycles. The SMILES string of the molecule is COc1ccc(N2C(=O)[C@H]([C@@H](C)O)[C@H]2C(=O)c2ccccc2)cc1NC(C)=O. The molecule has 1 saturated heterocycles. The molecule has 3 rings (SSSR count). The summed E-state index contributed by atoms with van der Waals surface area (Å²) >= 11 is 0. The minimum atomic E-state index is -0.963. The van der Waals surface area contributed by atoms with Crippen LogP contribution in [0.3, 0.4) is 0 Å². The molecule has 1 aliphatic rings. The van der Waals surface area contributed by atoms with E-state index in [0.717, 1.165) is 0 Å². The highest BCUT2D eigenvalue weighted by Gasteiger charge is 2.54. The van der Waals surface area contributed by atoms with Gasteiger partial charge >= 0.3 is 0 Å². The molecule has 0 radical (unpaired) electrons. The fraction of sp³-hybridized carbons (Fsp3) is 0.286. The predicted octanol–water partition coefficient (Wildman–Crippen LogP) is 2.25. The monoisotopic (exact) mass is 382 g/mol. The van der Waals surface area contributed by atoms with Crippen molar-refractivity contribution in [2.45, 2.75) is 26.0 Å². The van der Waals surface area contributed by atoms with E-state index in [2.05, 4.69) is 5.32 Å². The number of Topliss-reactive ketones (excluding diaryl/α,β-unsaturated/α-hetero) is 1. The van der Waals surface area contributed by atoms with Crippen molar-refractivity contribution >= 4 is 29.0 Å². The summed E-state index contributed by atoms with van der Waals surface area (Å²) in [4.78, 5) is 38.6. The molecule has 146 valence electrons. The van der Waals surface area contributed by atoms with E-state index in [1.807, 2.05) is 0 Å². The summed E-state index contributed by atoms with van der Waals surface area (Å²) in [7, 11) is 1.47. The first kappa shape index (κ1) is 19.6. The molecule has 2 N–H and O–H groups in total. The van der Waals surface area contributed by atoms with E-state index in [-0.39, 0.29) is 17.6 Å². The van der Waals surface area contributed by atoms with Crippen LogP contribution in [0.2, 0.25) is 0 Å². The highest BCUT2D eigenvalue weighted by Crippen LogP contribution is 2.39. The number of ketones is 1. The third-order valence-corrected chi connectivity index (χ3v) is 4.76. The van der Waals surface area contributed by atoms with Crippen LogP contribution in [0.15, 0.2) is 48.5 Å². The molecule has 1 fully saturated rings. The molecule has 2 amide bonds. The predicted molar refractivity (Wildman–Crippen MR) is 105 cm³/mol. The summed E-state index contributed by atoms with van der Waals surface area (Å²) < 4.78 is 5.24. The third kappa shape index (κ3) is 3.48. The summed E-state index contributed by atoms with van der Waals surface area (Å²) in [5.74, 6) is -1.26. The Labute approximate surface area is 162 Å². The average molecular weight is 382 g/mol. The molecule has 3 atom stereocenters. The molecule has 28 heavy (non-hydrogen) atoms. The van der Waals surface area contributed by atoms with Crippen LogP contribution in [-0.4, -0.2) is 42.0 Å². The summed E-state index contributed by atoms with van der Waals surface area (Å²) in [6.45, 7) is 2.87. The van der Waals surface area contributed by atoms with Crippen LogP contribution in [0.5, 0.6) is 5.75 Å². The summed E-state index contributed by atoms with van der Waals surface area (Å²) in [5.41, 5.74) is 1.30. The number of nitrogens with zero attached hydrogens (tertiary/aromatic N) is 1. The average Bonchev–Trinajstić information content (AvgIpc) is 2.65. The molecule has 0 unspecified atom stereocenters. The maximum Gasteiger partial charge on any atom is 0.236 e. The van der Waals surface area contributed by atoms with Gasteiger partial charge in [-0.3, -0.25) is 14.4 Å². The van der Waals surface area contributed by atoms with Crippen molar-refractivity contribution in [2.24, 2.45) is 5.92 Å². The molecule has 7 nitrogen and oxygen atoms in total. The molecule has 0 aromatic heterocycles. The number of aliphatic hydroxyl groups is 1. The Balaban J connectivity index is 2.00. The van der Waals surface area contributed by atoms with Gasteiger partial charge in [0.05, 0.1) is 24.8 Å². The molecule has 0 bridgehead atoms. The number of hydrogen-bond acceptors (Lipinski definition) is 5. The summed E-state index contributed by atoms with van der Waals surface area (Å²) in [5, 5.41) is 12.7. The van der Waals surface area contributed by atoms with Gasteiger partial charge in [-0.05, 0) is 25.1 Å². The van der Waals surface area contributed by atoms with Gasteiger partial charge in [-0.1, -0.05) is 30.3 Å². The topological polar surface area (TPSA) is 95.9 Å².